The second-order valence-electron chi connectivity index (χ2n) is 9.14. The summed E-state index contributed by atoms with van der Waals surface area (Å²) in [6.45, 7) is 5.38. The molecule has 134 valence electrons. The predicted octanol–water partition coefficient (Wildman–Crippen LogP) is 4.14. The van der Waals surface area contributed by atoms with Crippen molar-refractivity contribution < 1.29 is 14.5 Å². The van der Waals surface area contributed by atoms with Crippen LogP contribution in [0.2, 0.25) is 0 Å². The maximum Gasteiger partial charge on any atom is 0.307 e. The molecule has 0 saturated heterocycles. The van der Waals surface area contributed by atoms with Crippen molar-refractivity contribution in [1.29, 1.82) is 0 Å². The van der Waals surface area contributed by atoms with Gasteiger partial charge in [-0.3, -0.25) is 14.9 Å². The molecule has 2 fully saturated rings. The van der Waals surface area contributed by atoms with Crippen molar-refractivity contribution in [3.05, 3.63) is 21.8 Å². The molecular formula is C19H29NO4. The summed E-state index contributed by atoms with van der Waals surface area (Å²) in [6.07, 6.45) is 9.45. The number of rotatable bonds is 6. The number of fused-ring (bicyclic) bond motifs is 1. The summed E-state index contributed by atoms with van der Waals surface area (Å²) in [5.74, 6) is 1.21. The van der Waals surface area contributed by atoms with E-state index < -0.39 is 11.0 Å². The zero-order valence-electron chi connectivity index (χ0n) is 15.0. The van der Waals surface area contributed by atoms with Crippen molar-refractivity contribution in [3.63, 3.8) is 0 Å². The number of carbonyl (C=O) groups excluding carboxylic acids is 1. The molecule has 3 aliphatic rings. The van der Waals surface area contributed by atoms with Crippen molar-refractivity contribution >= 4 is 5.97 Å². The number of nitro groups is 1. The van der Waals surface area contributed by atoms with Crippen LogP contribution in [0.3, 0.4) is 0 Å². The van der Waals surface area contributed by atoms with Gasteiger partial charge in [-0.1, -0.05) is 30.9 Å². The number of nitrogens with zero attached hydrogens (tertiary/aromatic N) is 1. The third-order valence-electron chi connectivity index (χ3n) is 5.96. The first-order valence-corrected chi connectivity index (χ1v) is 9.20. The zero-order chi connectivity index (χ0) is 17.5. The van der Waals surface area contributed by atoms with Crippen LogP contribution in [0.25, 0.3) is 0 Å². The van der Waals surface area contributed by atoms with Crippen LogP contribution in [0.15, 0.2) is 11.6 Å². The summed E-state index contributed by atoms with van der Waals surface area (Å²) in [7, 11) is 0. The molecule has 0 spiro atoms. The van der Waals surface area contributed by atoms with Crippen LogP contribution in [-0.4, -0.2) is 23.0 Å². The molecule has 5 heteroatoms. The molecule has 3 rings (SSSR count). The molecule has 0 aliphatic heterocycles. The van der Waals surface area contributed by atoms with Crippen LogP contribution < -0.4 is 0 Å². The standard InChI is InChI=1S/C19H29NO4/c1-18(2,3)24-17(21)11-19(12-20(22)23)10-15-8-14(9-16(15)19)7-13-5-4-6-13/h9,13,15-16H,4-8,10-12H2,1-3H3/t15-,16-,19-/m1/s1. The number of hydrogen-bond donors (Lipinski definition) is 0. The molecule has 5 nitrogen and oxygen atoms in total. The maximum atomic E-state index is 12.3. The largest absolute Gasteiger partial charge is 0.460 e. The fraction of sp³-hybridized carbons (Fsp3) is 0.842. The van der Waals surface area contributed by atoms with Gasteiger partial charge in [0.15, 0.2) is 0 Å². The Labute approximate surface area is 144 Å². The molecule has 3 aliphatic carbocycles. The average Bonchev–Trinajstić information content (AvgIpc) is 2.68. The van der Waals surface area contributed by atoms with Gasteiger partial charge in [0, 0.05) is 4.92 Å². The van der Waals surface area contributed by atoms with E-state index in [-0.39, 0.29) is 29.8 Å². The molecular weight excluding hydrogens is 306 g/mol. The molecule has 3 atom stereocenters. The minimum atomic E-state index is -0.545. The predicted molar refractivity (Wildman–Crippen MR) is 91.0 cm³/mol. The molecule has 0 heterocycles. The number of ether oxygens (including phenoxy) is 1. The van der Waals surface area contributed by atoms with E-state index in [1.807, 2.05) is 20.8 Å². The lowest BCUT2D eigenvalue weighted by atomic mass is 9.53. The Morgan fingerprint density at radius 2 is 2.12 bits per heavy atom. The summed E-state index contributed by atoms with van der Waals surface area (Å²) in [5, 5.41) is 11.2. The molecule has 0 radical (unpaired) electrons. The lowest BCUT2D eigenvalue weighted by molar-refractivity contribution is -0.506. The second kappa shape index (κ2) is 6.16. The number of carbonyl (C=O) groups is 1. The normalized spacial score (nSPS) is 32.4. The van der Waals surface area contributed by atoms with Crippen LogP contribution in [0, 0.1) is 33.3 Å². The van der Waals surface area contributed by atoms with E-state index in [0.717, 1.165) is 25.2 Å². The van der Waals surface area contributed by atoms with Crippen molar-refractivity contribution in [2.24, 2.45) is 23.2 Å². The van der Waals surface area contributed by atoms with Crippen molar-refractivity contribution in [1.82, 2.24) is 0 Å². The Morgan fingerprint density at radius 3 is 2.67 bits per heavy atom. The molecule has 0 unspecified atom stereocenters. The Morgan fingerprint density at radius 1 is 1.42 bits per heavy atom. The van der Waals surface area contributed by atoms with E-state index in [4.69, 9.17) is 4.74 Å². The number of hydrogen-bond acceptors (Lipinski definition) is 4. The summed E-state index contributed by atoms with van der Waals surface area (Å²) in [6, 6.07) is 0. The third-order valence-corrected chi connectivity index (χ3v) is 5.96. The van der Waals surface area contributed by atoms with E-state index in [1.165, 1.54) is 24.8 Å². The highest BCUT2D eigenvalue weighted by Crippen LogP contribution is 2.60. The molecule has 2 saturated carbocycles. The lowest BCUT2D eigenvalue weighted by Crippen LogP contribution is -2.51. The third kappa shape index (κ3) is 3.65. The first-order chi connectivity index (χ1) is 11.2. The average molecular weight is 335 g/mol. The number of allylic oxidation sites excluding steroid dienone is 2. The smallest absolute Gasteiger partial charge is 0.307 e. The summed E-state index contributed by atoms with van der Waals surface area (Å²) >= 11 is 0. The maximum absolute atomic E-state index is 12.3. The van der Waals surface area contributed by atoms with Gasteiger partial charge in [-0.25, -0.2) is 0 Å². The second-order valence-corrected chi connectivity index (χ2v) is 9.14. The van der Waals surface area contributed by atoms with Crippen LogP contribution in [0.4, 0.5) is 0 Å². The topological polar surface area (TPSA) is 69.4 Å². The first-order valence-electron chi connectivity index (χ1n) is 9.20. The first kappa shape index (κ1) is 17.4. The van der Waals surface area contributed by atoms with Gasteiger partial charge in [-0.15, -0.1) is 0 Å². The highest BCUT2D eigenvalue weighted by molar-refractivity contribution is 5.71. The summed E-state index contributed by atoms with van der Waals surface area (Å²) in [5.41, 5.74) is 0.401. The molecule has 0 N–H and O–H groups in total. The van der Waals surface area contributed by atoms with Crippen molar-refractivity contribution in [2.75, 3.05) is 6.54 Å². The summed E-state index contributed by atoms with van der Waals surface area (Å²) < 4.78 is 5.43. The van der Waals surface area contributed by atoms with Crippen LogP contribution in [0.1, 0.15) is 65.7 Å². The van der Waals surface area contributed by atoms with Gasteiger partial charge in [-0.2, -0.15) is 0 Å². The molecule has 0 aromatic carbocycles. The monoisotopic (exact) mass is 335 g/mol. The van der Waals surface area contributed by atoms with Crippen molar-refractivity contribution in [3.8, 4) is 0 Å². The van der Waals surface area contributed by atoms with E-state index >= 15 is 0 Å². The number of esters is 1. The lowest BCUT2D eigenvalue weighted by Gasteiger charge is -2.49. The highest BCUT2D eigenvalue weighted by Gasteiger charge is 2.59. The zero-order valence-corrected chi connectivity index (χ0v) is 15.0. The van der Waals surface area contributed by atoms with Gasteiger partial charge in [0.1, 0.15) is 5.60 Å². The SMILES string of the molecule is CC(C)(C)OC(=O)C[C@@]1(C[N+](=O)[O-])C[C@H]2CC(CC3CCC3)=C[C@H]21. The van der Waals surface area contributed by atoms with Gasteiger partial charge in [0.2, 0.25) is 6.54 Å². The van der Waals surface area contributed by atoms with E-state index in [2.05, 4.69) is 6.08 Å². The van der Waals surface area contributed by atoms with Crippen LogP contribution in [-0.2, 0) is 9.53 Å². The van der Waals surface area contributed by atoms with E-state index in [1.54, 1.807) is 0 Å². The Balaban J connectivity index is 1.68. The molecule has 0 amide bonds. The molecule has 0 bridgehead atoms. The van der Waals surface area contributed by atoms with Crippen LogP contribution in [0.5, 0.6) is 0 Å². The molecule has 0 aromatic rings. The Bertz CT molecular complexity index is 558. The van der Waals surface area contributed by atoms with Gasteiger partial charge < -0.3 is 4.74 Å². The summed E-state index contributed by atoms with van der Waals surface area (Å²) in [4.78, 5) is 23.2. The minimum absolute atomic E-state index is 0.124. The molecule has 0 aromatic heterocycles. The Kier molecular flexibility index (Phi) is 4.47. The van der Waals surface area contributed by atoms with E-state index in [0.29, 0.717) is 5.92 Å². The van der Waals surface area contributed by atoms with Gasteiger partial charge >= 0.3 is 5.97 Å². The van der Waals surface area contributed by atoms with Crippen LogP contribution >= 0.6 is 0 Å². The minimum Gasteiger partial charge on any atom is -0.460 e. The highest BCUT2D eigenvalue weighted by atomic mass is 16.6. The van der Waals surface area contributed by atoms with Crippen molar-refractivity contribution in [2.45, 2.75) is 71.3 Å². The van der Waals surface area contributed by atoms with Gasteiger partial charge in [0.05, 0.1) is 11.8 Å². The van der Waals surface area contributed by atoms with Gasteiger partial charge in [-0.05, 0) is 57.8 Å². The Hall–Kier alpha value is -1.39. The molecule has 24 heavy (non-hydrogen) atoms. The van der Waals surface area contributed by atoms with E-state index in [9.17, 15) is 14.9 Å². The quantitative estimate of drug-likeness (QED) is 0.317. The fourth-order valence-corrected chi connectivity index (χ4v) is 4.85. The van der Waals surface area contributed by atoms with Gasteiger partial charge in [0.25, 0.3) is 0 Å². The fourth-order valence-electron chi connectivity index (χ4n) is 4.85.